The quantitative estimate of drug-likeness (QED) is 0.749. The minimum absolute atomic E-state index is 0.0178. The van der Waals surface area contributed by atoms with Crippen LogP contribution in [0.1, 0.15) is 27.7 Å². The summed E-state index contributed by atoms with van der Waals surface area (Å²) in [5, 5.41) is 1.62. The van der Waals surface area contributed by atoms with Crippen LogP contribution in [0.25, 0.3) is 10.8 Å². The average Bonchev–Trinajstić information content (AvgIpc) is 2.59. The van der Waals surface area contributed by atoms with Crippen LogP contribution in [0.5, 0.6) is 0 Å². The standard InChI is InChI=1S/C20H25N3O4S/c1-6-11-23(19(24)27-20(3,4)5)14-15(2)22-28(25,26)18-8-7-17-13-21-10-9-16(17)12-18/h1,7-10,12-13,15,22H,11,14H2,2-5H3/t15-/m1/s1. The van der Waals surface area contributed by atoms with Gasteiger partial charge in [0, 0.05) is 30.4 Å². The molecule has 0 spiro atoms. The molecule has 1 heterocycles. The highest BCUT2D eigenvalue weighted by molar-refractivity contribution is 7.89. The number of amides is 1. The van der Waals surface area contributed by atoms with Gasteiger partial charge in [0.1, 0.15) is 5.60 Å². The Morgan fingerprint density at radius 2 is 2.04 bits per heavy atom. The Morgan fingerprint density at radius 1 is 1.32 bits per heavy atom. The van der Waals surface area contributed by atoms with Gasteiger partial charge in [0.05, 0.1) is 11.4 Å². The summed E-state index contributed by atoms with van der Waals surface area (Å²) in [4.78, 5) is 17.7. The first-order valence-electron chi connectivity index (χ1n) is 8.79. The molecule has 0 fully saturated rings. The van der Waals surface area contributed by atoms with Gasteiger partial charge >= 0.3 is 6.09 Å². The fourth-order valence-corrected chi connectivity index (χ4v) is 3.84. The summed E-state index contributed by atoms with van der Waals surface area (Å²) in [6, 6.07) is 5.98. The smallest absolute Gasteiger partial charge is 0.411 e. The molecule has 0 aliphatic heterocycles. The molecule has 0 unspecified atom stereocenters. The third-order valence-electron chi connectivity index (χ3n) is 3.71. The van der Waals surface area contributed by atoms with Crippen molar-refractivity contribution in [2.24, 2.45) is 0 Å². The molecule has 150 valence electrons. The van der Waals surface area contributed by atoms with Crippen molar-refractivity contribution in [3.63, 3.8) is 0 Å². The van der Waals surface area contributed by atoms with Crippen molar-refractivity contribution >= 4 is 26.9 Å². The number of hydrogen-bond donors (Lipinski definition) is 1. The lowest BCUT2D eigenvalue weighted by atomic mass is 10.2. The highest BCUT2D eigenvalue weighted by atomic mass is 32.2. The third-order valence-corrected chi connectivity index (χ3v) is 5.29. The molecule has 8 heteroatoms. The maximum absolute atomic E-state index is 12.7. The van der Waals surface area contributed by atoms with E-state index in [2.05, 4.69) is 15.6 Å². The molecule has 1 aromatic carbocycles. The van der Waals surface area contributed by atoms with E-state index in [0.717, 1.165) is 10.8 Å². The number of rotatable bonds is 6. The van der Waals surface area contributed by atoms with Crippen molar-refractivity contribution in [3.05, 3.63) is 36.7 Å². The summed E-state index contributed by atoms with van der Waals surface area (Å²) in [6.07, 6.45) is 8.02. The van der Waals surface area contributed by atoms with Crippen molar-refractivity contribution in [2.75, 3.05) is 13.1 Å². The topological polar surface area (TPSA) is 88.6 Å². The molecule has 1 amide bonds. The van der Waals surface area contributed by atoms with Crippen LogP contribution in [0, 0.1) is 12.3 Å². The number of fused-ring (bicyclic) bond motifs is 1. The minimum Gasteiger partial charge on any atom is -0.444 e. The lowest BCUT2D eigenvalue weighted by molar-refractivity contribution is 0.0265. The van der Waals surface area contributed by atoms with Gasteiger partial charge in [-0.15, -0.1) is 6.42 Å². The summed E-state index contributed by atoms with van der Waals surface area (Å²) < 4.78 is 33.4. The van der Waals surface area contributed by atoms with Crippen molar-refractivity contribution in [1.82, 2.24) is 14.6 Å². The first-order valence-corrected chi connectivity index (χ1v) is 10.3. The van der Waals surface area contributed by atoms with Gasteiger partial charge < -0.3 is 4.74 Å². The minimum atomic E-state index is -3.77. The number of terminal acetylenes is 1. The molecular weight excluding hydrogens is 378 g/mol. The van der Waals surface area contributed by atoms with E-state index in [0.29, 0.717) is 0 Å². The molecule has 0 bridgehead atoms. The normalized spacial score (nSPS) is 13.0. The molecule has 2 rings (SSSR count). The predicted octanol–water partition coefficient (Wildman–Crippen LogP) is 2.77. The zero-order valence-corrected chi connectivity index (χ0v) is 17.3. The highest BCUT2D eigenvalue weighted by Gasteiger charge is 2.25. The maximum Gasteiger partial charge on any atom is 0.411 e. The van der Waals surface area contributed by atoms with Gasteiger partial charge in [-0.3, -0.25) is 9.88 Å². The maximum atomic E-state index is 12.7. The van der Waals surface area contributed by atoms with Crippen LogP contribution in [0.3, 0.4) is 0 Å². The number of aromatic nitrogens is 1. The lowest BCUT2D eigenvalue weighted by Gasteiger charge is -2.28. The first kappa shape index (κ1) is 21.7. The molecule has 1 atom stereocenters. The molecule has 0 radical (unpaired) electrons. The Hall–Kier alpha value is -2.63. The molecular formula is C20H25N3O4S. The van der Waals surface area contributed by atoms with Crippen LogP contribution in [0.4, 0.5) is 4.79 Å². The number of benzene rings is 1. The van der Waals surface area contributed by atoms with E-state index in [1.54, 1.807) is 58.3 Å². The van der Waals surface area contributed by atoms with E-state index in [1.165, 1.54) is 11.0 Å². The van der Waals surface area contributed by atoms with Crippen LogP contribution < -0.4 is 4.72 Å². The zero-order chi connectivity index (χ0) is 20.9. The molecule has 7 nitrogen and oxygen atoms in total. The summed E-state index contributed by atoms with van der Waals surface area (Å²) in [6.45, 7) is 7.01. The molecule has 0 saturated heterocycles. The van der Waals surface area contributed by atoms with E-state index >= 15 is 0 Å². The SMILES string of the molecule is C#CCN(C[C@@H](C)NS(=O)(=O)c1ccc2cnccc2c1)C(=O)OC(C)(C)C. The molecule has 1 aromatic heterocycles. The summed E-state index contributed by atoms with van der Waals surface area (Å²) in [5.41, 5.74) is -0.674. The number of nitrogens with zero attached hydrogens (tertiary/aromatic N) is 2. The van der Waals surface area contributed by atoms with Crippen LogP contribution in [0.2, 0.25) is 0 Å². The number of pyridine rings is 1. The monoisotopic (exact) mass is 403 g/mol. The number of sulfonamides is 1. The summed E-state index contributed by atoms with van der Waals surface area (Å²) in [7, 11) is -3.77. The van der Waals surface area contributed by atoms with Gasteiger partial charge in [-0.2, -0.15) is 0 Å². The second kappa shape index (κ2) is 8.59. The second-order valence-electron chi connectivity index (χ2n) is 7.47. The van der Waals surface area contributed by atoms with Crippen molar-refractivity contribution in [1.29, 1.82) is 0 Å². The average molecular weight is 404 g/mol. The van der Waals surface area contributed by atoms with Gasteiger partial charge in [0.15, 0.2) is 0 Å². The predicted molar refractivity (Wildman–Crippen MR) is 108 cm³/mol. The number of nitrogens with one attached hydrogen (secondary N) is 1. The van der Waals surface area contributed by atoms with Crippen molar-refractivity contribution < 1.29 is 17.9 Å². The number of carbonyl (C=O) groups is 1. The molecule has 0 saturated carbocycles. The van der Waals surface area contributed by atoms with Gasteiger partial charge in [-0.05, 0) is 51.3 Å². The third kappa shape index (κ3) is 5.94. The van der Waals surface area contributed by atoms with Gasteiger partial charge in [-0.25, -0.2) is 17.9 Å². The van der Waals surface area contributed by atoms with E-state index < -0.39 is 27.8 Å². The van der Waals surface area contributed by atoms with E-state index in [-0.39, 0.29) is 18.0 Å². The first-order chi connectivity index (χ1) is 13.0. The fraction of sp³-hybridized carbons (Fsp3) is 0.400. The van der Waals surface area contributed by atoms with Gasteiger partial charge in [0.2, 0.25) is 10.0 Å². The Kier molecular flexibility index (Phi) is 6.65. The van der Waals surface area contributed by atoms with E-state index in [1.807, 2.05) is 0 Å². The number of ether oxygens (including phenoxy) is 1. The molecule has 1 N–H and O–H groups in total. The molecule has 2 aromatic rings. The molecule has 0 aliphatic carbocycles. The summed E-state index contributed by atoms with van der Waals surface area (Å²) >= 11 is 0. The molecule has 28 heavy (non-hydrogen) atoms. The number of hydrogen-bond acceptors (Lipinski definition) is 5. The van der Waals surface area contributed by atoms with Crippen molar-refractivity contribution in [2.45, 2.75) is 44.2 Å². The van der Waals surface area contributed by atoms with Crippen LogP contribution >= 0.6 is 0 Å². The Labute approximate surface area is 166 Å². The highest BCUT2D eigenvalue weighted by Crippen LogP contribution is 2.18. The molecule has 0 aliphatic rings. The Morgan fingerprint density at radius 3 is 2.68 bits per heavy atom. The van der Waals surface area contributed by atoms with Crippen molar-refractivity contribution in [3.8, 4) is 12.3 Å². The lowest BCUT2D eigenvalue weighted by Crippen LogP contribution is -2.46. The second-order valence-corrected chi connectivity index (χ2v) is 9.19. The van der Waals surface area contributed by atoms with Crippen LogP contribution in [-0.4, -0.2) is 49.1 Å². The number of carbonyl (C=O) groups excluding carboxylic acids is 1. The zero-order valence-electron chi connectivity index (χ0n) is 16.5. The van der Waals surface area contributed by atoms with Crippen LogP contribution in [-0.2, 0) is 14.8 Å². The van der Waals surface area contributed by atoms with E-state index in [4.69, 9.17) is 11.2 Å². The Bertz CT molecular complexity index is 990. The van der Waals surface area contributed by atoms with Crippen LogP contribution in [0.15, 0.2) is 41.6 Å². The van der Waals surface area contributed by atoms with Gasteiger partial charge in [-0.1, -0.05) is 12.0 Å². The largest absolute Gasteiger partial charge is 0.444 e. The summed E-state index contributed by atoms with van der Waals surface area (Å²) in [5.74, 6) is 2.40. The van der Waals surface area contributed by atoms with E-state index in [9.17, 15) is 13.2 Å². The fourth-order valence-electron chi connectivity index (χ4n) is 2.57. The van der Waals surface area contributed by atoms with Gasteiger partial charge in [0.25, 0.3) is 0 Å². The Balaban J connectivity index is 2.13.